The summed E-state index contributed by atoms with van der Waals surface area (Å²) in [5, 5.41) is 0.724. The van der Waals surface area contributed by atoms with Gasteiger partial charge in [-0.3, -0.25) is 0 Å². The van der Waals surface area contributed by atoms with Gasteiger partial charge in [0.05, 0.1) is 0 Å². The Morgan fingerprint density at radius 1 is 1.17 bits per heavy atom. The van der Waals surface area contributed by atoms with Gasteiger partial charge in [0.15, 0.2) is 11.6 Å². The standard InChI is InChI=1S/C13H12F2N2S/c1-8-4-9(7-16)5-13(17-8)18-10-2-3-11(14)12(15)6-10/h2-6H,7,16H2,1H3. The van der Waals surface area contributed by atoms with Crippen LogP contribution in [0.5, 0.6) is 0 Å². The maximum atomic E-state index is 13.1. The molecule has 0 atom stereocenters. The fourth-order valence-electron chi connectivity index (χ4n) is 1.54. The number of rotatable bonds is 3. The predicted molar refractivity (Wildman–Crippen MR) is 67.3 cm³/mol. The van der Waals surface area contributed by atoms with E-state index in [9.17, 15) is 8.78 Å². The number of benzene rings is 1. The van der Waals surface area contributed by atoms with Gasteiger partial charge in [-0.15, -0.1) is 0 Å². The van der Waals surface area contributed by atoms with Gasteiger partial charge in [-0.2, -0.15) is 0 Å². The Kier molecular flexibility index (Phi) is 3.93. The average Bonchev–Trinajstić information content (AvgIpc) is 2.33. The van der Waals surface area contributed by atoms with E-state index >= 15 is 0 Å². The molecule has 2 N–H and O–H groups in total. The molecular formula is C13H12F2N2S. The molecule has 2 aromatic rings. The first-order valence-electron chi connectivity index (χ1n) is 5.39. The van der Waals surface area contributed by atoms with Crippen molar-refractivity contribution in [2.45, 2.75) is 23.4 Å². The van der Waals surface area contributed by atoms with Gasteiger partial charge in [0.1, 0.15) is 5.03 Å². The molecule has 18 heavy (non-hydrogen) atoms. The molecule has 0 amide bonds. The average molecular weight is 266 g/mol. The van der Waals surface area contributed by atoms with Crippen LogP contribution in [0.15, 0.2) is 40.3 Å². The molecule has 1 aromatic heterocycles. The van der Waals surface area contributed by atoms with Crippen LogP contribution in [0.4, 0.5) is 8.78 Å². The monoisotopic (exact) mass is 266 g/mol. The van der Waals surface area contributed by atoms with Gasteiger partial charge < -0.3 is 5.73 Å². The highest BCUT2D eigenvalue weighted by atomic mass is 32.2. The zero-order valence-electron chi connectivity index (χ0n) is 9.78. The molecule has 0 fully saturated rings. The van der Waals surface area contributed by atoms with Crippen molar-refractivity contribution in [2.24, 2.45) is 5.73 Å². The van der Waals surface area contributed by atoms with Crippen molar-refractivity contribution in [3.8, 4) is 0 Å². The van der Waals surface area contributed by atoms with Gasteiger partial charge >= 0.3 is 0 Å². The minimum atomic E-state index is -0.855. The largest absolute Gasteiger partial charge is 0.326 e. The predicted octanol–water partition coefficient (Wildman–Crippen LogP) is 3.28. The summed E-state index contributed by atoms with van der Waals surface area (Å²) in [6, 6.07) is 7.53. The molecule has 94 valence electrons. The molecule has 1 heterocycles. The van der Waals surface area contributed by atoms with Gasteiger partial charge in [-0.1, -0.05) is 11.8 Å². The molecule has 1 aromatic carbocycles. The lowest BCUT2D eigenvalue weighted by molar-refractivity contribution is 0.506. The summed E-state index contributed by atoms with van der Waals surface area (Å²) in [4.78, 5) is 4.93. The number of aromatic nitrogens is 1. The first-order valence-corrected chi connectivity index (χ1v) is 6.20. The molecular weight excluding hydrogens is 254 g/mol. The van der Waals surface area contributed by atoms with E-state index in [0.717, 1.165) is 28.4 Å². The summed E-state index contributed by atoms with van der Waals surface area (Å²) in [7, 11) is 0. The molecule has 0 unspecified atom stereocenters. The van der Waals surface area contributed by atoms with Gasteiger partial charge in [0, 0.05) is 17.1 Å². The zero-order chi connectivity index (χ0) is 13.1. The van der Waals surface area contributed by atoms with Crippen LogP contribution < -0.4 is 5.73 Å². The van der Waals surface area contributed by atoms with E-state index < -0.39 is 11.6 Å². The fourth-order valence-corrected chi connectivity index (χ4v) is 2.48. The second-order valence-electron chi connectivity index (χ2n) is 3.84. The van der Waals surface area contributed by atoms with E-state index in [0.29, 0.717) is 11.4 Å². The molecule has 0 saturated heterocycles. The molecule has 0 radical (unpaired) electrons. The van der Waals surface area contributed by atoms with Crippen molar-refractivity contribution in [1.82, 2.24) is 4.98 Å². The van der Waals surface area contributed by atoms with E-state index in [-0.39, 0.29) is 0 Å². The molecule has 0 saturated carbocycles. The Labute approximate surface area is 108 Å². The van der Waals surface area contributed by atoms with Crippen LogP contribution in [-0.4, -0.2) is 4.98 Å². The number of nitrogens with two attached hydrogens (primary N) is 1. The summed E-state index contributed by atoms with van der Waals surface area (Å²) >= 11 is 1.28. The molecule has 0 aliphatic heterocycles. The smallest absolute Gasteiger partial charge is 0.159 e. The zero-order valence-corrected chi connectivity index (χ0v) is 10.6. The molecule has 0 aliphatic rings. The van der Waals surface area contributed by atoms with Crippen molar-refractivity contribution in [3.63, 3.8) is 0 Å². The SMILES string of the molecule is Cc1cc(CN)cc(Sc2ccc(F)c(F)c2)n1. The van der Waals surface area contributed by atoms with Gasteiger partial charge in [0.25, 0.3) is 0 Å². The van der Waals surface area contributed by atoms with Crippen molar-refractivity contribution in [2.75, 3.05) is 0 Å². The Hall–Kier alpha value is -1.46. The van der Waals surface area contributed by atoms with Crippen molar-refractivity contribution >= 4 is 11.8 Å². The van der Waals surface area contributed by atoms with Crippen molar-refractivity contribution < 1.29 is 8.78 Å². The van der Waals surface area contributed by atoms with Crippen LogP contribution in [0.25, 0.3) is 0 Å². The molecule has 2 rings (SSSR count). The second-order valence-corrected chi connectivity index (χ2v) is 4.93. The summed E-state index contributed by atoms with van der Waals surface area (Å²) in [5.74, 6) is -1.70. The van der Waals surface area contributed by atoms with Crippen LogP contribution >= 0.6 is 11.8 Å². The van der Waals surface area contributed by atoms with E-state index in [4.69, 9.17) is 5.73 Å². The van der Waals surface area contributed by atoms with Crippen LogP contribution in [0.3, 0.4) is 0 Å². The third-order valence-electron chi connectivity index (χ3n) is 2.34. The van der Waals surface area contributed by atoms with E-state index in [1.54, 1.807) is 0 Å². The van der Waals surface area contributed by atoms with E-state index in [2.05, 4.69) is 4.98 Å². The topological polar surface area (TPSA) is 38.9 Å². The minimum Gasteiger partial charge on any atom is -0.326 e. The fraction of sp³-hybridized carbons (Fsp3) is 0.154. The van der Waals surface area contributed by atoms with E-state index in [1.807, 2.05) is 19.1 Å². The molecule has 0 spiro atoms. The maximum absolute atomic E-state index is 13.1. The normalized spacial score (nSPS) is 10.7. The summed E-state index contributed by atoms with van der Waals surface area (Å²) in [6.07, 6.45) is 0. The Morgan fingerprint density at radius 2 is 1.94 bits per heavy atom. The summed E-state index contributed by atoms with van der Waals surface area (Å²) < 4.78 is 25.9. The Balaban J connectivity index is 2.27. The first kappa shape index (κ1) is 13.0. The summed E-state index contributed by atoms with van der Waals surface area (Å²) in [6.45, 7) is 2.29. The minimum absolute atomic E-state index is 0.425. The lowest BCUT2D eigenvalue weighted by atomic mass is 10.2. The number of nitrogens with zero attached hydrogens (tertiary/aromatic N) is 1. The van der Waals surface area contributed by atoms with E-state index in [1.165, 1.54) is 17.8 Å². The first-order chi connectivity index (χ1) is 8.58. The number of hydrogen-bond acceptors (Lipinski definition) is 3. The molecule has 0 aliphatic carbocycles. The van der Waals surface area contributed by atoms with Crippen LogP contribution in [0, 0.1) is 18.6 Å². The molecule has 5 heteroatoms. The Bertz CT molecular complexity index is 573. The summed E-state index contributed by atoms with van der Waals surface area (Å²) in [5.41, 5.74) is 7.39. The maximum Gasteiger partial charge on any atom is 0.159 e. The lowest BCUT2D eigenvalue weighted by Gasteiger charge is -2.05. The van der Waals surface area contributed by atoms with Gasteiger partial charge in [-0.25, -0.2) is 13.8 Å². The second kappa shape index (κ2) is 5.46. The number of aryl methyl sites for hydroxylation is 1. The number of hydrogen-bond donors (Lipinski definition) is 1. The van der Waals surface area contributed by atoms with Gasteiger partial charge in [-0.05, 0) is 42.8 Å². The highest BCUT2D eigenvalue weighted by molar-refractivity contribution is 7.99. The Morgan fingerprint density at radius 3 is 2.61 bits per heavy atom. The third kappa shape index (κ3) is 3.05. The third-order valence-corrected chi connectivity index (χ3v) is 3.25. The highest BCUT2D eigenvalue weighted by Crippen LogP contribution is 2.28. The van der Waals surface area contributed by atoms with Gasteiger partial charge in [0.2, 0.25) is 0 Å². The molecule has 2 nitrogen and oxygen atoms in total. The molecule has 0 bridgehead atoms. The van der Waals surface area contributed by atoms with Crippen LogP contribution in [0.1, 0.15) is 11.3 Å². The number of halogens is 2. The highest BCUT2D eigenvalue weighted by Gasteiger charge is 2.06. The van der Waals surface area contributed by atoms with Crippen molar-refractivity contribution in [3.05, 3.63) is 53.2 Å². The van der Waals surface area contributed by atoms with Crippen LogP contribution in [0.2, 0.25) is 0 Å². The quantitative estimate of drug-likeness (QED) is 0.926. The lowest BCUT2D eigenvalue weighted by Crippen LogP contribution is -1.98. The van der Waals surface area contributed by atoms with Crippen molar-refractivity contribution in [1.29, 1.82) is 0 Å². The number of pyridine rings is 1. The van der Waals surface area contributed by atoms with Crippen LogP contribution in [-0.2, 0) is 6.54 Å².